The van der Waals surface area contributed by atoms with E-state index in [0.717, 1.165) is 31.7 Å². The average molecular weight is 286 g/mol. The summed E-state index contributed by atoms with van der Waals surface area (Å²) in [6.07, 6.45) is -0.375. The Morgan fingerprint density at radius 2 is 2.00 bits per heavy atom. The number of alkyl halides is 3. The van der Waals surface area contributed by atoms with E-state index in [9.17, 15) is 18.3 Å². The molecule has 3 unspecified atom stereocenters. The lowest BCUT2D eigenvalue weighted by Gasteiger charge is -2.33. The number of hydrogen-bond acceptors (Lipinski definition) is 1. The fraction of sp³-hybridized carbons (Fsp3) is 0.625. The van der Waals surface area contributed by atoms with Gasteiger partial charge in [0.25, 0.3) is 0 Å². The second-order valence-corrected chi connectivity index (χ2v) is 5.82. The van der Waals surface area contributed by atoms with Crippen LogP contribution in [0.4, 0.5) is 13.2 Å². The number of rotatable bonds is 3. The molecule has 1 aliphatic rings. The molecule has 112 valence electrons. The number of aliphatic hydroxyl groups is 1. The minimum atomic E-state index is -4.30. The highest BCUT2D eigenvalue weighted by Crippen LogP contribution is 2.35. The minimum absolute atomic E-state index is 0.0807. The van der Waals surface area contributed by atoms with E-state index in [4.69, 9.17) is 0 Å². The molecule has 0 radical (unpaired) electrons. The molecule has 4 heteroatoms. The molecule has 0 heterocycles. The van der Waals surface area contributed by atoms with Gasteiger partial charge >= 0.3 is 6.18 Å². The molecule has 3 atom stereocenters. The van der Waals surface area contributed by atoms with Gasteiger partial charge in [-0.1, -0.05) is 31.5 Å². The van der Waals surface area contributed by atoms with E-state index in [1.807, 2.05) is 0 Å². The highest BCUT2D eigenvalue weighted by Gasteiger charge is 2.32. The van der Waals surface area contributed by atoms with Crippen LogP contribution in [0.3, 0.4) is 0 Å². The standard InChI is InChI=1S/C16H21F3O/c1-2-11-6-7-15(20)13(8-11)9-12-4-3-5-14(10-12)16(17,18)19/h3-5,10-11,13,15,20H,2,6-9H2,1H3. The smallest absolute Gasteiger partial charge is 0.393 e. The predicted molar refractivity (Wildman–Crippen MR) is 72.3 cm³/mol. The normalized spacial score (nSPS) is 27.6. The molecule has 1 aromatic carbocycles. The second-order valence-electron chi connectivity index (χ2n) is 5.82. The van der Waals surface area contributed by atoms with E-state index in [1.54, 1.807) is 6.07 Å². The zero-order valence-corrected chi connectivity index (χ0v) is 11.7. The summed E-state index contributed by atoms with van der Waals surface area (Å²) in [4.78, 5) is 0. The Balaban J connectivity index is 2.09. The van der Waals surface area contributed by atoms with Crippen molar-refractivity contribution in [3.05, 3.63) is 35.4 Å². The molecule has 1 aliphatic carbocycles. The Kier molecular flexibility index (Phi) is 4.74. The Morgan fingerprint density at radius 3 is 2.65 bits per heavy atom. The monoisotopic (exact) mass is 286 g/mol. The molecule has 1 aromatic rings. The third-order valence-electron chi connectivity index (χ3n) is 4.38. The van der Waals surface area contributed by atoms with Crippen LogP contribution in [0.5, 0.6) is 0 Å². The van der Waals surface area contributed by atoms with Crippen molar-refractivity contribution in [2.75, 3.05) is 0 Å². The molecule has 1 fully saturated rings. The van der Waals surface area contributed by atoms with Crippen LogP contribution in [0.25, 0.3) is 0 Å². The summed E-state index contributed by atoms with van der Waals surface area (Å²) in [5, 5.41) is 10.1. The van der Waals surface area contributed by atoms with E-state index >= 15 is 0 Å². The first kappa shape index (κ1) is 15.4. The average Bonchev–Trinajstić information content (AvgIpc) is 2.41. The molecule has 20 heavy (non-hydrogen) atoms. The SMILES string of the molecule is CCC1CCC(O)C(Cc2cccc(C(F)(F)F)c2)C1. The third kappa shape index (κ3) is 3.75. The van der Waals surface area contributed by atoms with Gasteiger partial charge in [0.15, 0.2) is 0 Å². The molecule has 0 amide bonds. The fourth-order valence-electron chi connectivity index (χ4n) is 3.11. The first-order chi connectivity index (χ1) is 9.40. The molecule has 0 aliphatic heterocycles. The molecule has 0 spiro atoms. The highest BCUT2D eigenvalue weighted by molar-refractivity contribution is 5.26. The lowest BCUT2D eigenvalue weighted by molar-refractivity contribution is -0.137. The molecule has 2 rings (SSSR count). The third-order valence-corrected chi connectivity index (χ3v) is 4.38. The van der Waals surface area contributed by atoms with Crippen LogP contribution in [-0.2, 0) is 12.6 Å². The summed E-state index contributed by atoms with van der Waals surface area (Å²) in [6.45, 7) is 2.13. The summed E-state index contributed by atoms with van der Waals surface area (Å²) in [5.74, 6) is 0.673. The maximum Gasteiger partial charge on any atom is 0.416 e. The van der Waals surface area contributed by atoms with Crippen molar-refractivity contribution in [3.8, 4) is 0 Å². The quantitative estimate of drug-likeness (QED) is 0.871. The van der Waals surface area contributed by atoms with E-state index in [0.29, 0.717) is 17.9 Å². The summed E-state index contributed by atoms with van der Waals surface area (Å²) in [5.41, 5.74) is 0.0629. The summed E-state index contributed by atoms with van der Waals surface area (Å²) in [7, 11) is 0. The van der Waals surface area contributed by atoms with Crippen LogP contribution in [0, 0.1) is 11.8 Å². The van der Waals surface area contributed by atoms with Gasteiger partial charge in [-0.2, -0.15) is 13.2 Å². The van der Waals surface area contributed by atoms with Gasteiger partial charge in [0.2, 0.25) is 0 Å². The van der Waals surface area contributed by atoms with Gasteiger partial charge in [-0.3, -0.25) is 0 Å². The van der Waals surface area contributed by atoms with Crippen LogP contribution >= 0.6 is 0 Å². The number of aliphatic hydroxyl groups excluding tert-OH is 1. The van der Waals surface area contributed by atoms with Crippen molar-refractivity contribution in [1.29, 1.82) is 0 Å². The van der Waals surface area contributed by atoms with E-state index in [2.05, 4.69) is 6.92 Å². The largest absolute Gasteiger partial charge is 0.416 e. The summed E-state index contributed by atoms with van der Waals surface area (Å²) < 4.78 is 38.1. The maximum atomic E-state index is 12.7. The molecule has 1 saturated carbocycles. The lowest BCUT2D eigenvalue weighted by Crippen LogP contribution is -2.30. The van der Waals surface area contributed by atoms with Crippen molar-refractivity contribution in [3.63, 3.8) is 0 Å². The molecule has 0 bridgehead atoms. The van der Waals surface area contributed by atoms with Gasteiger partial charge < -0.3 is 5.11 Å². The van der Waals surface area contributed by atoms with Crippen molar-refractivity contribution < 1.29 is 18.3 Å². The number of halogens is 3. The van der Waals surface area contributed by atoms with Gasteiger partial charge in [0.1, 0.15) is 0 Å². The summed E-state index contributed by atoms with van der Waals surface area (Å²) in [6, 6.07) is 5.47. The molecule has 1 nitrogen and oxygen atoms in total. The van der Waals surface area contributed by atoms with E-state index < -0.39 is 11.7 Å². The van der Waals surface area contributed by atoms with Crippen LogP contribution in [-0.4, -0.2) is 11.2 Å². The fourth-order valence-corrected chi connectivity index (χ4v) is 3.11. The molecular formula is C16H21F3O. The minimum Gasteiger partial charge on any atom is -0.393 e. The molecule has 1 N–H and O–H groups in total. The highest BCUT2D eigenvalue weighted by atomic mass is 19.4. The zero-order valence-electron chi connectivity index (χ0n) is 11.7. The van der Waals surface area contributed by atoms with Crippen molar-refractivity contribution in [1.82, 2.24) is 0 Å². The van der Waals surface area contributed by atoms with E-state index in [1.165, 1.54) is 12.1 Å². The maximum absolute atomic E-state index is 12.7. The first-order valence-corrected chi connectivity index (χ1v) is 7.24. The number of hydrogen-bond donors (Lipinski definition) is 1. The van der Waals surface area contributed by atoms with Crippen molar-refractivity contribution in [2.45, 2.75) is 51.3 Å². The molecular weight excluding hydrogens is 265 g/mol. The van der Waals surface area contributed by atoms with Crippen molar-refractivity contribution in [2.24, 2.45) is 11.8 Å². The van der Waals surface area contributed by atoms with Crippen molar-refractivity contribution >= 4 is 0 Å². The van der Waals surface area contributed by atoms with Gasteiger partial charge in [0.05, 0.1) is 11.7 Å². The molecule has 0 aromatic heterocycles. The Morgan fingerprint density at radius 1 is 1.25 bits per heavy atom. The zero-order chi connectivity index (χ0) is 14.8. The predicted octanol–water partition coefficient (Wildman–Crippen LogP) is 4.44. The van der Waals surface area contributed by atoms with Crippen LogP contribution in [0.2, 0.25) is 0 Å². The van der Waals surface area contributed by atoms with E-state index in [-0.39, 0.29) is 12.0 Å². The van der Waals surface area contributed by atoms with Gasteiger partial charge in [-0.05, 0) is 49.1 Å². The van der Waals surface area contributed by atoms with Crippen LogP contribution < -0.4 is 0 Å². The Labute approximate surface area is 117 Å². The number of benzene rings is 1. The van der Waals surface area contributed by atoms with Crippen LogP contribution in [0.15, 0.2) is 24.3 Å². The first-order valence-electron chi connectivity index (χ1n) is 7.24. The van der Waals surface area contributed by atoms with Gasteiger partial charge in [-0.25, -0.2) is 0 Å². The summed E-state index contributed by atoms with van der Waals surface area (Å²) >= 11 is 0. The topological polar surface area (TPSA) is 20.2 Å². The molecule has 0 saturated heterocycles. The Hall–Kier alpha value is -1.03. The lowest BCUT2D eigenvalue weighted by atomic mass is 9.76. The second kappa shape index (κ2) is 6.17. The van der Waals surface area contributed by atoms with Gasteiger partial charge in [0, 0.05) is 0 Å². The van der Waals surface area contributed by atoms with Gasteiger partial charge in [-0.15, -0.1) is 0 Å². The van der Waals surface area contributed by atoms with Crippen LogP contribution in [0.1, 0.15) is 43.7 Å². The Bertz CT molecular complexity index is 442.